The van der Waals surface area contributed by atoms with Crippen molar-refractivity contribution in [3.8, 4) is 0 Å². The van der Waals surface area contributed by atoms with Gasteiger partial charge in [0.1, 0.15) is 5.76 Å². The van der Waals surface area contributed by atoms with Gasteiger partial charge in [0, 0.05) is 18.6 Å². The molecule has 0 radical (unpaired) electrons. The van der Waals surface area contributed by atoms with Crippen molar-refractivity contribution in [2.75, 3.05) is 19.6 Å². The molecule has 3 rings (SSSR count). The molecule has 3 heterocycles. The quantitative estimate of drug-likeness (QED) is 0.851. The lowest BCUT2D eigenvalue weighted by atomic mass is 9.84. The van der Waals surface area contributed by atoms with Gasteiger partial charge in [-0.3, -0.25) is 4.90 Å². The third kappa shape index (κ3) is 1.64. The van der Waals surface area contributed by atoms with E-state index in [0.29, 0.717) is 6.04 Å². The third-order valence-electron chi connectivity index (χ3n) is 4.84. The van der Waals surface area contributed by atoms with Gasteiger partial charge in [-0.25, -0.2) is 0 Å². The van der Waals surface area contributed by atoms with Gasteiger partial charge < -0.3 is 9.73 Å². The van der Waals surface area contributed by atoms with E-state index in [1.807, 2.05) is 6.07 Å². The molecule has 2 aliphatic heterocycles. The van der Waals surface area contributed by atoms with Gasteiger partial charge in [-0.15, -0.1) is 0 Å². The highest BCUT2D eigenvalue weighted by atomic mass is 16.3. The summed E-state index contributed by atoms with van der Waals surface area (Å²) < 4.78 is 5.57. The largest absolute Gasteiger partial charge is 0.468 e. The Labute approximate surface area is 103 Å². The lowest BCUT2D eigenvalue weighted by molar-refractivity contribution is 0.0858. The molecule has 0 amide bonds. The van der Waals surface area contributed by atoms with Gasteiger partial charge in [-0.1, -0.05) is 0 Å². The average Bonchev–Trinajstić information content (AvgIpc) is 2.97. The van der Waals surface area contributed by atoms with Gasteiger partial charge in [0.25, 0.3) is 0 Å². The van der Waals surface area contributed by atoms with Gasteiger partial charge in [-0.2, -0.15) is 0 Å². The molecule has 17 heavy (non-hydrogen) atoms. The fourth-order valence-corrected chi connectivity index (χ4v) is 3.79. The molecule has 2 aliphatic rings. The Morgan fingerprint density at radius 2 is 2.29 bits per heavy atom. The third-order valence-corrected chi connectivity index (χ3v) is 4.84. The molecule has 1 aromatic rings. The Kier molecular flexibility index (Phi) is 2.56. The van der Waals surface area contributed by atoms with Crippen LogP contribution in [0.3, 0.4) is 0 Å². The molecule has 2 saturated heterocycles. The lowest BCUT2D eigenvalue weighted by Crippen LogP contribution is -2.45. The van der Waals surface area contributed by atoms with Crippen LogP contribution in [0.4, 0.5) is 0 Å². The number of hydrogen-bond donors (Lipinski definition) is 1. The molecule has 3 heteroatoms. The number of rotatable bonds is 2. The molecular formula is C14H22N2O. The highest BCUT2D eigenvalue weighted by Crippen LogP contribution is 2.44. The molecule has 3 atom stereocenters. The second-order valence-electron chi connectivity index (χ2n) is 6.02. The SMILES string of the molecule is CC(c1ccco1)N1CC2CNCC2C1(C)C. The van der Waals surface area contributed by atoms with Crippen LogP contribution in [-0.2, 0) is 0 Å². The summed E-state index contributed by atoms with van der Waals surface area (Å²) in [7, 11) is 0. The zero-order valence-corrected chi connectivity index (χ0v) is 10.9. The Hall–Kier alpha value is -0.800. The van der Waals surface area contributed by atoms with Crippen molar-refractivity contribution < 1.29 is 4.42 Å². The van der Waals surface area contributed by atoms with Crippen LogP contribution < -0.4 is 5.32 Å². The Morgan fingerprint density at radius 1 is 1.47 bits per heavy atom. The Bertz CT molecular complexity index is 385. The summed E-state index contributed by atoms with van der Waals surface area (Å²) in [6, 6.07) is 4.45. The van der Waals surface area contributed by atoms with Crippen LogP contribution in [0.1, 0.15) is 32.6 Å². The Morgan fingerprint density at radius 3 is 2.94 bits per heavy atom. The van der Waals surface area contributed by atoms with Crippen LogP contribution in [0.5, 0.6) is 0 Å². The monoisotopic (exact) mass is 234 g/mol. The number of nitrogens with zero attached hydrogens (tertiary/aromatic N) is 1. The zero-order valence-electron chi connectivity index (χ0n) is 10.9. The molecule has 0 spiro atoms. The fraction of sp³-hybridized carbons (Fsp3) is 0.714. The van der Waals surface area contributed by atoms with Crippen molar-refractivity contribution in [2.45, 2.75) is 32.4 Å². The van der Waals surface area contributed by atoms with Crippen LogP contribution >= 0.6 is 0 Å². The van der Waals surface area contributed by atoms with E-state index in [0.717, 1.165) is 17.6 Å². The van der Waals surface area contributed by atoms with Gasteiger partial charge >= 0.3 is 0 Å². The van der Waals surface area contributed by atoms with Gasteiger partial charge in [0.15, 0.2) is 0 Å². The average molecular weight is 234 g/mol. The van der Waals surface area contributed by atoms with E-state index in [9.17, 15) is 0 Å². The van der Waals surface area contributed by atoms with Crippen molar-refractivity contribution in [2.24, 2.45) is 11.8 Å². The summed E-state index contributed by atoms with van der Waals surface area (Å²) in [6.07, 6.45) is 1.78. The second kappa shape index (κ2) is 3.85. The molecule has 2 fully saturated rings. The summed E-state index contributed by atoms with van der Waals surface area (Å²) in [6.45, 7) is 10.5. The standard InChI is InChI=1S/C14H22N2O/c1-10(13-5-4-6-17-13)16-9-11-7-15-8-12(11)14(16,2)3/h4-6,10-12,15H,7-9H2,1-3H3. The number of furan rings is 1. The van der Waals surface area contributed by atoms with Crippen LogP contribution in [-0.4, -0.2) is 30.1 Å². The molecule has 1 N–H and O–H groups in total. The number of fused-ring (bicyclic) bond motifs is 1. The zero-order chi connectivity index (χ0) is 12.0. The molecule has 0 bridgehead atoms. The van der Waals surface area contributed by atoms with Gasteiger partial charge in [-0.05, 0) is 51.3 Å². The molecule has 0 aliphatic carbocycles. The fourth-order valence-electron chi connectivity index (χ4n) is 3.79. The molecule has 0 aromatic carbocycles. The van der Waals surface area contributed by atoms with Crippen molar-refractivity contribution >= 4 is 0 Å². The predicted molar refractivity (Wildman–Crippen MR) is 67.8 cm³/mol. The summed E-state index contributed by atoms with van der Waals surface area (Å²) in [5, 5.41) is 3.52. The first-order chi connectivity index (χ1) is 8.10. The van der Waals surface area contributed by atoms with Crippen LogP contribution in [0.25, 0.3) is 0 Å². The van der Waals surface area contributed by atoms with Crippen LogP contribution in [0.2, 0.25) is 0 Å². The molecule has 0 saturated carbocycles. The minimum atomic E-state index is 0.264. The minimum Gasteiger partial charge on any atom is -0.468 e. The van der Waals surface area contributed by atoms with Crippen LogP contribution in [0, 0.1) is 11.8 Å². The topological polar surface area (TPSA) is 28.4 Å². The van der Waals surface area contributed by atoms with E-state index >= 15 is 0 Å². The van der Waals surface area contributed by atoms with Crippen LogP contribution in [0.15, 0.2) is 22.8 Å². The molecule has 94 valence electrons. The number of nitrogens with one attached hydrogen (secondary N) is 1. The predicted octanol–water partition coefficient (Wildman–Crippen LogP) is 2.27. The van der Waals surface area contributed by atoms with E-state index < -0.39 is 0 Å². The number of likely N-dealkylation sites (tertiary alicyclic amines) is 1. The first-order valence-electron chi connectivity index (χ1n) is 6.61. The van der Waals surface area contributed by atoms with E-state index in [-0.39, 0.29) is 5.54 Å². The Balaban J connectivity index is 1.85. The second-order valence-corrected chi connectivity index (χ2v) is 6.02. The molecule has 1 aromatic heterocycles. The van der Waals surface area contributed by atoms with Crippen molar-refractivity contribution in [3.63, 3.8) is 0 Å². The summed E-state index contributed by atoms with van der Waals surface area (Å²) >= 11 is 0. The normalized spacial score (nSPS) is 33.8. The minimum absolute atomic E-state index is 0.264. The highest BCUT2D eigenvalue weighted by Gasteiger charge is 2.51. The summed E-state index contributed by atoms with van der Waals surface area (Å²) in [5.74, 6) is 2.67. The molecule has 3 nitrogen and oxygen atoms in total. The van der Waals surface area contributed by atoms with E-state index in [4.69, 9.17) is 4.42 Å². The van der Waals surface area contributed by atoms with Crippen molar-refractivity contribution in [3.05, 3.63) is 24.2 Å². The lowest BCUT2D eigenvalue weighted by Gasteiger charge is -2.38. The van der Waals surface area contributed by atoms with Gasteiger partial charge in [0.2, 0.25) is 0 Å². The van der Waals surface area contributed by atoms with Crippen molar-refractivity contribution in [1.29, 1.82) is 0 Å². The summed E-state index contributed by atoms with van der Waals surface area (Å²) in [5.41, 5.74) is 0.264. The maximum atomic E-state index is 5.57. The maximum absolute atomic E-state index is 5.57. The number of hydrogen-bond acceptors (Lipinski definition) is 3. The smallest absolute Gasteiger partial charge is 0.120 e. The first-order valence-corrected chi connectivity index (χ1v) is 6.61. The first kappa shape index (κ1) is 11.3. The van der Waals surface area contributed by atoms with E-state index in [1.165, 1.54) is 19.6 Å². The molecular weight excluding hydrogens is 212 g/mol. The van der Waals surface area contributed by atoms with E-state index in [2.05, 4.69) is 37.1 Å². The maximum Gasteiger partial charge on any atom is 0.120 e. The van der Waals surface area contributed by atoms with Crippen molar-refractivity contribution in [1.82, 2.24) is 10.2 Å². The van der Waals surface area contributed by atoms with E-state index in [1.54, 1.807) is 6.26 Å². The highest BCUT2D eigenvalue weighted by molar-refractivity contribution is 5.11. The summed E-state index contributed by atoms with van der Waals surface area (Å²) in [4.78, 5) is 2.61. The molecule has 3 unspecified atom stereocenters. The van der Waals surface area contributed by atoms with Gasteiger partial charge in [0.05, 0.1) is 12.3 Å².